The number of nitrogens with zero attached hydrogens (tertiary/aromatic N) is 3. The summed E-state index contributed by atoms with van der Waals surface area (Å²) >= 11 is 0. The molecule has 1 aromatic carbocycles. The summed E-state index contributed by atoms with van der Waals surface area (Å²) in [4.78, 5) is 22.3. The van der Waals surface area contributed by atoms with Crippen LogP contribution in [0.15, 0.2) is 36.7 Å². The molecule has 0 aliphatic carbocycles. The maximum Gasteiger partial charge on any atom is 0.273 e. The van der Waals surface area contributed by atoms with Gasteiger partial charge in [-0.2, -0.15) is 0 Å². The SMILES string of the molecule is CCCCN(C)C(=O)c1cnc(Nc2cccc(C)c2)cn1. The molecule has 22 heavy (non-hydrogen) atoms. The fraction of sp³-hybridized carbons (Fsp3) is 0.353. The molecule has 5 heteroatoms. The minimum atomic E-state index is -0.0944. The highest BCUT2D eigenvalue weighted by Crippen LogP contribution is 2.15. The molecular weight excluding hydrogens is 276 g/mol. The molecule has 0 radical (unpaired) electrons. The van der Waals surface area contributed by atoms with Crippen molar-refractivity contribution in [2.75, 3.05) is 18.9 Å². The lowest BCUT2D eigenvalue weighted by molar-refractivity contribution is 0.0787. The topological polar surface area (TPSA) is 58.1 Å². The van der Waals surface area contributed by atoms with Crippen molar-refractivity contribution in [3.63, 3.8) is 0 Å². The molecule has 0 saturated carbocycles. The van der Waals surface area contributed by atoms with Gasteiger partial charge >= 0.3 is 0 Å². The molecule has 2 rings (SSSR count). The third-order valence-corrected chi connectivity index (χ3v) is 3.36. The van der Waals surface area contributed by atoms with Gasteiger partial charge in [-0.15, -0.1) is 0 Å². The molecule has 1 amide bonds. The summed E-state index contributed by atoms with van der Waals surface area (Å²) in [5.74, 6) is 0.529. The number of hydrogen-bond donors (Lipinski definition) is 1. The zero-order valence-electron chi connectivity index (χ0n) is 13.3. The van der Waals surface area contributed by atoms with Crippen molar-refractivity contribution in [1.82, 2.24) is 14.9 Å². The highest BCUT2D eigenvalue weighted by atomic mass is 16.2. The molecule has 1 heterocycles. The zero-order valence-corrected chi connectivity index (χ0v) is 13.3. The molecule has 0 unspecified atom stereocenters. The van der Waals surface area contributed by atoms with E-state index in [2.05, 4.69) is 22.2 Å². The summed E-state index contributed by atoms with van der Waals surface area (Å²) in [5, 5.41) is 3.18. The predicted molar refractivity (Wildman–Crippen MR) is 88.4 cm³/mol. The van der Waals surface area contributed by atoms with Crippen LogP contribution in [0.4, 0.5) is 11.5 Å². The monoisotopic (exact) mass is 298 g/mol. The van der Waals surface area contributed by atoms with E-state index >= 15 is 0 Å². The van der Waals surface area contributed by atoms with E-state index in [-0.39, 0.29) is 5.91 Å². The van der Waals surface area contributed by atoms with E-state index in [4.69, 9.17) is 0 Å². The molecule has 0 saturated heterocycles. The van der Waals surface area contributed by atoms with Crippen LogP contribution in [0.3, 0.4) is 0 Å². The van der Waals surface area contributed by atoms with Gasteiger partial charge in [0.15, 0.2) is 0 Å². The van der Waals surface area contributed by atoms with E-state index in [9.17, 15) is 4.79 Å². The summed E-state index contributed by atoms with van der Waals surface area (Å²) in [6.07, 6.45) is 5.15. The van der Waals surface area contributed by atoms with Gasteiger partial charge in [0.1, 0.15) is 11.5 Å². The maximum atomic E-state index is 12.2. The first-order chi connectivity index (χ1) is 10.6. The molecule has 1 N–H and O–H groups in total. The number of rotatable bonds is 6. The number of hydrogen-bond acceptors (Lipinski definition) is 4. The quantitative estimate of drug-likeness (QED) is 0.888. The number of amides is 1. The summed E-state index contributed by atoms with van der Waals surface area (Å²) in [6, 6.07) is 8.00. The van der Waals surface area contributed by atoms with Gasteiger partial charge in [-0.25, -0.2) is 9.97 Å². The van der Waals surface area contributed by atoms with Gasteiger partial charge in [0.05, 0.1) is 12.4 Å². The molecule has 116 valence electrons. The number of anilines is 2. The second-order valence-corrected chi connectivity index (χ2v) is 5.36. The number of carbonyl (C=O) groups is 1. The normalized spacial score (nSPS) is 10.3. The molecule has 0 atom stereocenters. The van der Waals surface area contributed by atoms with Crippen molar-refractivity contribution >= 4 is 17.4 Å². The molecule has 0 aliphatic rings. The Hall–Kier alpha value is -2.43. The van der Waals surface area contributed by atoms with Gasteiger partial charge in [-0.3, -0.25) is 4.79 Å². The largest absolute Gasteiger partial charge is 0.340 e. The predicted octanol–water partition coefficient (Wildman–Crippen LogP) is 3.40. The van der Waals surface area contributed by atoms with Gasteiger partial charge in [0, 0.05) is 19.3 Å². The number of carbonyl (C=O) groups excluding carboxylic acids is 1. The van der Waals surface area contributed by atoms with Crippen molar-refractivity contribution in [3.8, 4) is 0 Å². The minimum Gasteiger partial charge on any atom is -0.340 e. The zero-order chi connectivity index (χ0) is 15.9. The second kappa shape index (κ2) is 7.54. The first kappa shape index (κ1) is 15.9. The third-order valence-electron chi connectivity index (χ3n) is 3.36. The highest BCUT2D eigenvalue weighted by molar-refractivity contribution is 5.91. The fourth-order valence-corrected chi connectivity index (χ4v) is 2.07. The number of aromatic nitrogens is 2. The standard InChI is InChI=1S/C17H22N4O/c1-4-5-9-21(3)17(22)15-11-19-16(12-18-15)20-14-8-6-7-13(2)10-14/h6-8,10-12H,4-5,9H2,1-3H3,(H,19,20). The maximum absolute atomic E-state index is 12.2. The van der Waals surface area contributed by atoms with Crippen LogP contribution >= 0.6 is 0 Å². The summed E-state index contributed by atoms with van der Waals surface area (Å²) in [6.45, 7) is 4.87. The molecule has 0 fully saturated rings. The van der Waals surface area contributed by atoms with Gasteiger partial charge in [0.2, 0.25) is 0 Å². The third kappa shape index (κ3) is 4.28. The van der Waals surface area contributed by atoms with E-state index in [0.717, 1.165) is 25.1 Å². The summed E-state index contributed by atoms with van der Waals surface area (Å²) in [7, 11) is 1.79. The van der Waals surface area contributed by atoms with Crippen LogP contribution in [0.5, 0.6) is 0 Å². The van der Waals surface area contributed by atoms with Crippen molar-refractivity contribution in [3.05, 3.63) is 47.9 Å². The van der Waals surface area contributed by atoms with Crippen molar-refractivity contribution in [2.24, 2.45) is 0 Å². The number of benzene rings is 1. The van der Waals surface area contributed by atoms with Crippen molar-refractivity contribution < 1.29 is 4.79 Å². The van der Waals surface area contributed by atoms with E-state index in [0.29, 0.717) is 11.5 Å². The lowest BCUT2D eigenvalue weighted by atomic mass is 10.2. The summed E-state index contributed by atoms with van der Waals surface area (Å²) < 4.78 is 0. The Morgan fingerprint density at radius 1 is 1.27 bits per heavy atom. The van der Waals surface area contributed by atoms with Gasteiger partial charge in [0.25, 0.3) is 5.91 Å². The molecule has 0 spiro atoms. The Morgan fingerprint density at radius 3 is 2.73 bits per heavy atom. The molecule has 2 aromatic rings. The molecule has 0 aliphatic heterocycles. The Morgan fingerprint density at radius 2 is 2.09 bits per heavy atom. The van der Waals surface area contributed by atoms with Gasteiger partial charge < -0.3 is 10.2 Å². The number of nitrogens with one attached hydrogen (secondary N) is 1. The summed E-state index contributed by atoms with van der Waals surface area (Å²) in [5.41, 5.74) is 2.49. The van der Waals surface area contributed by atoms with Crippen LogP contribution < -0.4 is 5.32 Å². The van der Waals surface area contributed by atoms with Crippen molar-refractivity contribution in [1.29, 1.82) is 0 Å². The average molecular weight is 298 g/mol. The van der Waals surface area contributed by atoms with E-state index in [1.165, 1.54) is 11.8 Å². The van der Waals surface area contributed by atoms with Crippen LogP contribution in [0, 0.1) is 6.92 Å². The first-order valence-corrected chi connectivity index (χ1v) is 7.51. The Bertz CT molecular complexity index is 625. The van der Waals surface area contributed by atoms with Crippen LogP contribution in [0.1, 0.15) is 35.8 Å². The van der Waals surface area contributed by atoms with Crippen LogP contribution in [0.25, 0.3) is 0 Å². The van der Waals surface area contributed by atoms with Gasteiger partial charge in [-0.1, -0.05) is 25.5 Å². The second-order valence-electron chi connectivity index (χ2n) is 5.36. The van der Waals surface area contributed by atoms with Crippen molar-refractivity contribution in [2.45, 2.75) is 26.7 Å². The molecule has 1 aromatic heterocycles. The van der Waals surface area contributed by atoms with Crippen LogP contribution in [-0.2, 0) is 0 Å². The van der Waals surface area contributed by atoms with Crippen LogP contribution in [-0.4, -0.2) is 34.4 Å². The van der Waals surface area contributed by atoms with Crippen LogP contribution in [0.2, 0.25) is 0 Å². The highest BCUT2D eigenvalue weighted by Gasteiger charge is 2.13. The Labute approximate surface area is 131 Å². The number of unbranched alkanes of at least 4 members (excludes halogenated alkanes) is 1. The smallest absolute Gasteiger partial charge is 0.273 e. The van der Waals surface area contributed by atoms with E-state index in [1.807, 2.05) is 31.2 Å². The van der Waals surface area contributed by atoms with E-state index < -0.39 is 0 Å². The Balaban J connectivity index is 2.02. The molecule has 0 bridgehead atoms. The minimum absolute atomic E-state index is 0.0944. The lowest BCUT2D eigenvalue weighted by Crippen LogP contribution is -2.28. The van der Waals surface area contributed by atoms with Gasteiger partial charge in [-0.05, 0) is 31.0 Å². The number of aryl methyl sites for hydroxylation is 1. The average Bonchev–Trinajstić information content (AvgIpc) is 2.52. The Kier molecular flexibility index (Phi) is 5.47. The lowest BCUT2D eigenvalue weighted by Gasteiger charge is -2.16. The fourth-order valence-electron chi connectivity index (χ4n) is 2.07. The first-order valence-electron chi connectivity index (χ1n) is 7.51. The molecular formula is C17H22N4O. The molecule has 5 nitrogen and oxygen atoms in total. The van der Waals surface area contributed by atoms with E-state index in [1.54, 1.807) is 18.1 Å².